The highest BCUT2D eigenvalue weighted by atomic mass is 16.5. The Morgan fingerprint density at radius 3 is 2.67 bits per heavy atom. The van der Waals surface area contributed by atoms with Gasteiger partial charge in [0.1, 0.15) is 5.60 Å². The van der Waals surface area contributed by atoms with Gasteiger partial charge in [-0.15, -0.1) is 0 Å². The molecule has 1 heterocycles. The molecule has 2 N–H and O–H groups in total. The second-order valence-corrected chi connectivity index (χ2v) is 4.45. The molecular formula is C13H19NO. The molecule has 0 amide bonds. The molecule has 2 rings (SSSR count). The highest BCUT2D eigenvalue weighted by Gasteiger charge is 2.35. The van der Waals surface area contributed by atoms with Crippen LogP contribution in [0.5, 0.6) is 0 Å². The third-order valence-electron chi connectivity index (χ3n) is 3.47. The Bertz CT molecular complexity index is 354. The quantitative estimate of drug-likeness (QED) is 0.803. The summed E-state index contributed by atoms with van der Waals surface area (Å²) in [7, 11) is 0. The molecule has 1 saturated heterocycles. The van der Waals surface area contributed by atoms with Gasteiger partial charge in [-0.3, -0.25) is 0 Å². The Hall–Kier alpha value is -0.860. The van der Waals surface area contributed by atoms with E-state index in [0.717, 1.165) is 19.4 Å². The predicted molar refractivity (Wildman–Crippen MR) is 61.8 cm³/mol. The van der Waals surface area contributed by atoms with Gasteiger partial charge in [0.15, 0.2) is 0 Å². The molecule has 0 aliphatic carbocycles. The van der Waals surface area contributed by atoms with Gasteiger partial charge in [0, 0.05) is 13.2 Å². The van der Waals surface area contributed by atoms with E-state index in [-0.39, 0.29) is 5.60 Å². The fourth-order valence-electron chi connectivity index (χ4n) is 2.23. The Labute approximate surface area is 91.4 Å². The second-order valence-electron chi connectivity index (χ2n) is 4.45. The summed E-state index contributed by atoms with van der Waals surface area (Å²) in [6.07, 6.45) is 2.16. The van der Waals surface area contributed by atoms with Crippen LogP contribution >= 0.6 is 0 Å². The molecule has 1 aromatic carbocycles. The lowest BCUT2D eigenvalue weighted by Gasteiger charge is -2.27. The number of hydrogen-bond donors (Lipinski definition) is 1. The van der Waals surface area contributed by atoms with Gasteiger partial charge >= 0.3 is 0 Å². The number of aryl methyl sites for hydroxylation is 2. The van der Waals surface area contributed by atoms with Crippen LogP contribution in [-0.4, -0.2) is 13.2 Å². The van der Waals surface area contributed by atoms with Crippen LogP contribution in [0.4, 0.5) is 0 Å². The van der Waals surface area contributed by atoms with Crippen molar-refractivity contribution in [1.82, 2.24) is 0 Å². The van der Waals surface area contributed by atoms with Crippen molar-refractivity contribution < 1.29 is 4.74 Å². The summed E-state index contributed by atoms with van der Waals surface area (Å²) >= 11 is 0. The lowest BCUT2D eigenvalue weighted by atomic mass is 9.89. The van der Waals surface area contributed by atoms with Crippen LogP contribution in [0.25, 0.3) is 0 Å². The summed E-state index contributed by atoms with van der Waals surface area (Å²) < 4.78 is 5.85. The summed E-state index contributed by atoms with van der Waals surface area (Å²) in [6, 6.07) is 6.53. The average molecular weight is 205 g/mol. The van der Waals surface area contributed by atoms with Crippen molar-refractivity contribution in [2.24, 2.45) is 5.73 Å². The Morgan fingerprint density at radius 2 is 2.13 bits per heavy atom. The third kappa shape index (κ3) is 1.80. The molecule has 82 valence electrons. The van der Waals surface area contributed by atoms with Crippen LogP contribution in [-0.2, 0) is 10.3 Å². The normalized spacial score (nSPS) is 25.8. The van der Waals surface area contributed by atoms with Gasteiger partial charge < -0.3 is 10.5 Å². The first-order valence-corrected chi connectivity index (χ1v) is 5.60. The molecule has 0 saturated carbocycles. The molecule has 1 atom stereocenters. The van der Waals surface area contributed by atoms with E-state index in [9.17, 15) is 0 Å². The standard InChI is InChI=1S/C13H19NO/c1-10-4-5-12(8-11(10)2)13(9-14)6-3-7-15-13/h4-5,8H,3,6-7,9,14H2,1-2H3. The van der Waals surface area contributed by atoms with E-state index < -0.39 is 0 Å². The zero-order valence-corrected chi connectivity index (χ0v) is 9.55. The number of hydrogen-bond acceptors (Lipinski definition) is 2. The summed E-state index contributed by atoms with van der Waals surface area (Å²) in [5, 5.41) is 0. The van der Waals surface area contributed by atoms with Gasteiger partial charge in [0.25, 0.3) is 0 Å². The molecule has 15 heavy (non-hydrogen) atoms. The summed E-state index contributed by atoms with van der Waals surface area (Å²) in [5.74, 6) is 0. The molecular weight excluding hydrogens is 186 g/mol. The van der Waals surface area contributed by atoms with Crippen LogP contribution in [0.2, 0.25) is 0 Å². The molecule has 1 aliphatic rings. The van der Waals surface area contributed by atoms with Gasteiger partial charge in [0.2, 0.25) is 0 Å². The van der Waals surface area contributed by atoms with Crippen LogP contribution in [0.15, 0.2) is 18.2 Å². The molecule has 1 aliphatic heterocycles. The van der Waals surface area contributed by atoms with Gasteiger partial charge in [0.05, 0.1) is 0 Å². The van der Waals surface area contributed by atoms with E-state index in [2.05, 4.69) is 32.0 Å². The monoisotopic (exact) mass is 205 g/mol. The number of benzene rings is 1. The van der Waals surface area contributed by atoms with E-state index in [0.29, 0.717) is 6.54 Å². The lowest BCUT2D eigenvalue weighted by molar-refractivity contribution is 0.00795. The smallest absolute Gasteiger partial charge is 0.105 e. The van der Waals surface area contributed by atoms with Crippen LogP contribution in [0, 0.1) is 13.8 Å². The van der Waals surface area contributed by atoms with Crippen LogP contribution in [0.1, 0.15) is 29.5 Å². The van der Waals surface area contributed by atoms with Gasteiger partial charge in [-0.1, -0.05) is 18.2 Å². The van der Waals surface area contributed by atoms with Crippen molar-refractivity contribution in [2.75, 3.05) is 13.2 Å². The Kier molecular flexibility index (Phi) is 2.81. The number of nitrogens with two attached hydrogens (primary N) is 1. The zero-order chi connectivity index (χ0) is 10.9. The van der Waals surface area contributed by atoms with Crippen molar-refractivity contribution in [1.29, 1.82) is 0 Å². The minimum absolute atomic E-state index is 0.210. The molecule has 1 aromatic rings. The summed E-state index contributed by atoms with van der Waals surface area (Å²) in [4.78, 5) is 0. The minimum atomic E-state index is -0.210. The lowest BCUT2D eigenvalue weighted by Crippen LogP contribution is -2.34. The van der Waals surface area contributed by atoms with Gasteiger partial charge in [-0.05, 0) is 43.4 Å². The van der Waals surface area contributed by atoms with Crippen molar-refractivity contribution >= 4 is 0 Å². The van der Waals surface area contributed by atoms with E-state index in [1.165, 1.54) is 16.7 Å². The topological polar surface area (TPSA) is 35.2 Å². The third-order valence-corrected chi connectivity index (χ3v) is 3.47. The zero-order valence-electron chi connectivity index (χ0n) is 9.55. The molecule has 2 nitrogen and oxygen atoms in total. The SMILES string of the molecule is Cc1ccc(C2(CN)CCCO2)cc1C. The molecule has 0 bridgehead atoms. The van der Waals surface area contributed by atoms with E-state index in [4.69, 9.17) is 10.5 Å². The van der Waals surface area contributed by atoms with E-state index in [1.54, 1.807) is 0 Å². The largest absolute Gasteiger partial charge is 0.369 e. The first-order valence-electron chi connectivity index (χ1n) is 5.60. The Balaban J connectivity index is 2.38. The fraction of sp³-hybridized carbons (Fsp3) is 0.538. The van der Waals surface area contributed by atoms with Crippen LogP contribution in [0.3, 0.4) is 0 Å². The highest BCUT2D eigenvalue weighted by Crippen LogP contribution is 2.35. The van der Waals surface area contributed by atoms with Crippen molar-refractivity contribution in [3.63, 3.8) is 0 Å². The van der Waals surface area contributed by atoms with Crippen molar-refractivity contribution in [2.45, 2.75) is 32.3 Å². The van der Waals surface area contributed by atoms with Crippen molar-refractivity contribution in [3.05, 3.63) is 34.9 Å². The number of rotatable bonds is 2. The fourth-order valence-corrected chi connectivity index (χ4v) is 2.23. The molecule has 0 aromatic heterocycles. The summed E-state index contributed by atoms with van der Waals surface area (Å²) in [5.41, 5.74) is 9.53. The van der Waals surface area contributed by atoms with Crippen molar-refractivity contribution in [3.8, 4) is 0 Å². The minimum Gasteiger partial charge on any atom is -0.369 e. The van der Waals surface area contributed by atoms with Gasteiger partial charge in [-0.2, -0.15) is 0 Å². The molecule has 0 radical (unpaired) electrons. The first kappa shape index (κ1) is 10.7. The predicted octanol–water partition coefficient (Wildman–Crippen LogP) is 2.27. The molecule has 0 spiro atoms. The molecule has 1 fully saturated rings. The molecule has 1 unspecified atom stereocenters. The molecule has 2 heteroatoms. The highest BCUT2D eigenvalue weighted by molar-refractivity contribution is 5.34. The van der Waals surface area contributed by atoms with Crippen LogP contribution < -0.4 is 5.73 Å². The maximum atomic E-state index is 5.86. The van der Waals surface area contributed by atoms with E-state index in [1.807, 2.05) is 0 Å². The summed E-state index contributed by atoms with van der Waals surface area (Å²) in [6.45, 7) is 5.68. The maximum Gasteiger partial charge on any atom is 0.105 e. The second kappa shape index (κ2) is 3.95. The number of ether oxygens (including phenoxy) is 1. The average Bonchev–Trinajstić information content (AvgIpc) is 2.72. The first-order chi connectivity index (χ1) is 7.18. The Morgan fingerprint density at radius 1 is 1.33 bits per heavy atom. The van der Waals surface area contributed by atoms with E-state index >= 15 is 0 Å². The maximum absolute atomic E-state index is 5.86. The van der Waals surface area contributed by atoms with Gasteiger partial charge in [-0.25, -0.2) is 0 Å².